The summed E-state index contributed by atoms with van der Waals surface area (Å²) in [5.74, 6) is 2.16. The van der Waals surface area contributed by atoms with Crippen LogP contribution in [0.2, 0.25) is 0 Å². The fourth-order valence-electron chi connectivity index (χ4n) is 4.24. The maximum absolute atomic E-state index is 11.6. The first-order valence-corrected chi connectivity index (χ1v) is 12.9. The van der Waals surface area contributed by atoms with Gasteiger partial charge in [-0.05, 0) is 24.3 Å². The van der Waals surface area contributed by atoms with E-state index in [4.69, 9.17) is 23.7 Å². The van der Waals surface area contributed by atoms with Gasteiger partial charge in [-0.15, -0.1) is 0 Å². The number of aromatic nitrogens is 2. The number of hydrogen-bond donors (Lipinski definition) is 3. The molecule has 3 heterocycles. The fraction of sp³-hybridized carbons (Fsp3) is 0.111. The van der Waals surface area contributed by atoms with Gasteiger partial charge in [0.05, 0.1) is 58.3 Å². The van der Waals surface area contributed by atoms with Crippen LogP contribution < -0.4 is 39.9 Å². The first-order valence-electron chi connectivity index (χ1n) is 12.9. The predicted octanol–water partition coefficient (Wildman–Crippen LogP) is 4.39. The number of fused-ring (bicyclic) bond motifs is 2. The van der Waals surface area contributed by atoms with E-state index in [-0.39, 0.29) is 65.2 Å². The Balaban J connectivity index is 1.28. The molecule has 3 N–H and O–H groups in total. The van der Waals surface area contributed by atoms with Crippen molar-refractivity contribution in [2.24, 2.45) is 10.2 Å². The Hall–Kier alpha value is -6.72. The van der Waals surface area contributed by atoms with Crippen LogP contribution in [0.3, 0.4) is 0 Å². The van der Waals surface area contributed by atoms with Crippen molar-refractivity contribution in [3.63, 3.8) is 0 Å². The van der Waals surface area contributed by atoms with Crippen molar-refractivity contribution in [3.05, 3.63) is 86.0 Å². The molecule has 2 aliphatic rings. The molecule has 6 rings (SSSR count). The molecule has 0 atom stereocenters. The summed E-state index contributed by atoms with van der Waals surface area (Å²) >= 11 is 0. The van der Waals surface area contributed by atoms with Crippen LogP contribution in [0.1, 0.15) is 11.1 Å². The van der Waals surface area contributed by atoms with E-state index in [9.17, 15) is 20.2 Å². The van der Waals surface area contributed by atoms with Crippen LogP contribution >= 0.6 is 0 Å². The van der Waals surface area contributed by atoms with E-state index in [0.29, 0.717) is 22.9 Å². The minimum atomic E-state index is -0.562. The molecule has 18 heteroatoms. The molecule has 0 saturated carbocycles. The van der Waals surface area contributed by atoms with Gasteiger partial charge in [0.25, 0.3) is 11.4 Å². The van der Waals surface area contributed by atoms with Crippen molar-refractivity contribution >= 4 is 47.1 Å². The van der Waals surface area contributed by atoms with Crippen molar-refractivity contribution in [1.29, 1.82) is 0 Å². The van der Waals surface area contributed by atoms with Gasteiger partial charge in [0.1, 0.15) is 5.75 Å². The molecule has 0 saturated heterocycles. The lowest BCUT2D eigenvalue weighted by Gasteiger charge is -2.11. The summed E-state index contributed by atoms with van der Waals surface area (Å²) in [5.41, 5.74) is 5.85. The SMILES string of the molecule is COc1ccccc1Nc1nc(NN=Cc2cc3c(cc2[N+](=O)[O-])OCO3)cc(NN=Cc2cc3c(cc2[N+](=O)[O-])OCO3)n1. The second-order valence-electron chi connectivity index (χ2n) is 9.07. The first kappa shape index (κ1) is 28.4. The molecule has 0 unspecified atom stereocenters. The van der Waals surface area contributed by atoms with E-state index in [0.717, 1.165) is 0 Å². The summed E-state index contributed by atoms with van der Waals surface area (Å²) < 4.78 is 26.5. The Morgan fingerprint density at radius 2 is 1.27 bits per heavy atom. The third-order valence-electron chi connectivity index (χ3n) is 6.28. The van der Waals surface area contributed by atoms with Gasteiger partial charge in [0.2, 0.25) is 19.5 Å². The highest BCUT2D eigenvalue weighted by Gasteiger charge is 2.24. The van der Waals surface area contributed by atoms with Crippen LogP contribution in [0, 0.1) is 20.2 Å². The molecule has 18 nitrogen and oxygen atoms in total. The zero-order valence-electron chi connectivity index (χ0n) is 23.1. The molecule has 0 spiro atoms. The number of methoxy groups -OCH3 is 1. The fourth-order valence-corrected chi connectivity index (χ4v) is 4.24. The van der Waals surface area contributed by atoms with Crippen molar-refractivity contribution in [2.45, 2.75) is 0 Å². The maximum Gasteiger partial charge on any atom is 0.282 e. The molecule has 0 amide bonds. The number of benzene rings is 3. The van der Waals surface area contributed by atoms with Gasteiger partial charge in [0, 0.05) is 6.07 Å². The standard InChI is InChI=1S/C27H21N9O9/c1-41-20-5-3-2-4-17(20)30-27-31-25(33-28-11-15-6-21-23(44-13-42-21)8-18(15)35(37)38)10-26(32-27)34-29-12-16-7-22-24(45-14-43-22)9-19(16)36(39)40/h2-12H,13-14H2,1H3,(H3,30,31,32,33,34). The van der Waals surface area contributed by atoms with E-state index in [1.807, 2.05) is 0 Å². The maximum atomic E-state index is 11.6. The lowest BCUT2D eigenvalue weighted by molar-refractivity contribution is -0.385. The summed E-state index contributed by atoms with van der Waals surface area (Å²) in [4.78, 5) is 30.9. The Kier molecular flexibility index (Phi) is 7.73. The lowest BCUT2D eigenvalue weighted by Crippen LogP contribution is -2.05. The number of para-hydroxylation sites is 2. The summed E-state index contributed by atoms with van der Waals surface area (Å²) in [6, 6.07) is 13.9. The van der Waals surface area contributed by atoms with Crippen LogP contribution in [0.15, 0.2) is 64.8 Å². The highest BCUT2D eigenvalue weighted by atomic mass is 16.7. The summed E-state index contributed by atoms with van der Waals surface area (Å²) in [6.45, 7) is -0.0942. The molecule has 45 heavy (non-hydrogen) atoms. The van der Waals surface area contributed by atoms with Crippen molar-refractivity contribution in [2.75, 3.05) is 36.9 Å². The van der Waals surface area contributed by atoms with E-state index in [1.54, 1.807) is 24.3 Å². The number of hydrazone groups is 2. The zero-order valence-corrected chi connectivity index (χ0v) is 23.1. The average Bonchev–Trinajstić information content (AvgIpc) is 3.69. The molecule has 3 aromatic carbocycles. The Morgan fingerprint density at radius 1 is 0.778 bits per heavy atom. The predicted molar refractivity (Wildman–Crippen MR) is 159 cm³/mol. The number of hydrogen-bond acceptors (Lipinski definition) is 16. The Bertz CT molecular complexity index is 1760. The van der Waals surface area contributed by atoms with Gasteiger partial charge >= 0.3 is 0 Å². The monoisotopic (exact) mass is 615 g/mol. The molecule has 0 radical (unpaired) electrons. The van der Waals surface area contributed by atoms with Crippen LogP contribution in [-0.4, -0.2) is 52.9 Å². The molecule has 1 aromatic heterocycles. The van der Waals surface area contributed by atoms with Crippen LogP contribution in [0.4, 0.5) is 34.6 Å². The summed E-state index contributed by atoms with van der Waals surface area (Å²) in [5, 5.41) is 34.5. The molecule has 228 valence electrons. The Morgan fingerprint density at radius 3 is 1.76 bits per heavy atom. The second kappa shape index (κ2) is 12.3. The number of nitro benzene ring substituents is 2. The average molecular weight is 616 g/mol. The Labute approximate surface area is 252 Å². The minimum Gasteiger partial charge on any atom is -0.495 e. The number of nitrogens with zero attached hydrogens (tertiary/aromatic N) is 6. The smallest absolute Gasteiger partial charge is 0.282 e. The minimum absolute atomic E-state index is 0.0471. The molecule has 2 aliphatic heterocycles. The summed E-state index contributed by atoms with van der Waals surface area (Å²) in [7, 11) is 1.51. The van der Waals surface area contributed by atoms with Gasteiger partial charge < -0.3 is 29.0 Å². The highest BCUT2D eigenvalue weighted by molar-refractivity contribution is 5.88. The molecule has 4 aromatic rings. The third kappa shape index (κ3) is 6.23. The summed E-state index contributed by atoms with van der Waals surface area (Å²) in [6.07, 6.45) is 2.47. The van der Waals surface area contributed by atoms with E-state index < -0.39 is 9.85 Å². The van der Waals surface area contributed by atoms with Crippen LogP contribution in [-0.2, 0) is 0 Å². The molecule has 0 bridgehead atoms. The number of nitrogens with one attached hydrogen (secondary N) is 3. The van der Waals surface area contributed by atoms with Crippen molar-refractivity contribution in [1.82, 2.24) is 9.97 Å². The molecule has 0 fully saturated rings. The normalized spacial score (nSPS) is 12.8. The number of nitro groups is 2. The zero-order chi connectivity index (χ0) is 31.3. The quantitative estimate of drug-likeness (QED) is 0.121. The third-order valence-corrected chi connectivity index (χ3v) is 6.28. The van der Waals surface area contributed by atoms with E-state index in [2.05, 4.69) is 36.3 Å². The topological polar surface area (TPSA) is 219 Å². The van der Waals surface area contributed by atoms with Crippen molar-refractivity contribution in [3.8, 4) is 28.7 Å². The van der Waals surface area contributed by atoms with E-state index >= 15 is 0 Å². The van der Waals surface area contributed by atoms with Gasteiger partial charge in [-0.3, -0.25) is 31.1 Å². The van der Waals surface area contributed by atoms with Crippen LogP contribution in [0.25, 0.3) is 0 Å². The first-order chi connectivity index (χ1) is 21.9. The van der Waals surface area contributed by atoms with Gasteiger partial charge in [-0.2, -0.15) is 20.2 Å². The van der Waals surface area contributed by atoms with Crippen molar-refractivity contribution < 1.29 is 33.5 Å². The largest absolute Gasteiger partial charge is 0.495 e. The number of anilines is 4. The molecular formula is C27H21N9O9. The molecule has 0 aliphatic carbocycles. The molecular weight excluding hydrogens is 594 g/mol. The highest BCUT2D eigenvalue weighted by Crippen LogP contribution is 2.38. The van der Waals surface area contributed by atoms with E-state index in [1.165, 1.54) is 49.9 Å². The number of rotatable bonds is 11. The van der Waals surface area contributed by atoms with Crippen LogP contribution in [0.5, 0.6) is 28.7 Å². The van der Waals surface area contributed by atoms with Gasteiger partial charge in [-0.1, -0.05) is 12.1 Å². The lowest BCUT2D eigenvalue weighted by atomic mass is 10.1. The second-order valence-corrected chi connectivity index (χ2v) is 9.07. The number of ether oxygens (including phenoxy) is 5. The van der Waals surface area contributed by atoms with Gasteiger partial charge in [-0.25, -0.2) is 0 Å². The van der Waals surface area contributed by atoms with Gasteiger partial charge in [0.15, 0.2) is 34.6 Å².